The zero-order chi connectivity index (χ0) is 12.7. The molecule has 0 fully saturated rings. The Balaban J connectivity index is 0.000000686. The fourth-order valence-corrected chi connectivity index (χ4v) is 1.43. The standard InChI is InChI=1S/C12H14N2O.C2H6/c1-3-7-13-12-14-10-8-9(4-2)5-6-11(10)15-12;1-2/h3,5-6,8H,1,4,7H2,2H3,(H,13,14);1-2H3. The van der Waals surface area contributed by atoms with Crippen molar-refractivity contribution in [2.45, 2.75) is 27.2 Å². The van der Waals surface area contributed by atoms with Gasteiger partial charge in [0.1, 0.15) is 5.52 Å². The zero-order valence-corrected chi connectivity index (χ0v) is 10.8. The molecule has 2 aromatic rings. The van der Waals surface area contributed by atoms with Crippen LogP contribution in [0.15, 0.2) is 35.3 Å². The molecule has 0 amide bonds. The third-order valence-electron chi connectivity index (χ3n) is 2.26. The van der Waals surface area contributed by atoms with Crippen molar-refractivity contribution >= 4 is 17.1 Å². The Morgan fingerprint density at radius 2 is 2.18 bits per heavy atom. The SMILES string of the molecule is C=CCNc1nc2cc(CC)ccc2o1.CC. The van der Waals surface area contributed by atoms with Crippen LogP contribution in [0.1, 0.15) is 26.3 Å². The molecule has 0 saturated carbocycles. The molecule has 0 aliphatic rings. The van der Waals surface area contributed by atoms with E-state index in [0.717, 1.165) is 17.5 Å². The van der Waals surface area contributed by atoms with Gasteiger partial charge in [-0.2, -0.15) is 4.98 Å². The molecule has 0 unspecified atom stereocenters. The number of aryl methyl sites for hydroxylation is 1. The predicted molar refractivity (Wildman–Crippen MR) is 73.4 cm³/mol. The van der Waals surface area contributed by atoms with Crippen molar-refractivity contribution in [3.63, 3.8) is 0 Å². The Hall–Kier alpha value is -1.77. The number of aromatic nitrogens is 1. The number of anilines is 1. The Labute approximate surface area is 103 Å². The summed E-state index contributed by atoms with van der Waals surface area (Å²) in [5, 5.41) is 3.03. The molecule has 0 saturated heterocycles. The lowest BCUT2D eigenvalue weighted by atomic mass is 10.1. The highest BCUT2D eigenvalue weighted by Gasteiger charge is 2.04. The highest BCUT2D eigenvalue weighted by Crippen LogP contribution is 2.20. The summed E-state index contributed by atoms with van der Waals surface area (Å²) < 4.78 is 5.50. The smallest absolute Gasteiger partial charge is 0.295 e. The molecular weight excluding hydrogens is 212 g/mol. The van der Waals surface area contributed by atoms with Gasteiger partial charge in [0.2, 0.25) is 0 Å². The second-order valence-corrected chi connectivity index (χ2v) is 3.34. The highest BCUT2D eigenvalue weighted by atomic mass is 16.4. The molecule has 2 rings (SSSR count). The second-order valence-electron chi connectivity index (χ2n) is 3.34. The lowest BCUT2D eigenvalue weighted by Gasteiger charge is -1.92. The van der Waals surface area contributed by atoms with E-state index in [1.807, 2.05) is 19.9 Å². The van der Waals surface area contributed by atoms with E-state index in [9.17, 15) is 0 Å². The maximum absolute atomic E-state index is 5.50. The molecule has 0 radical (unpaired) electrons. The molecule has 0 aliphatic heterocycles. The zero-order valence-electron chi connectivity index (χ0n) is 10.8. The molecular formula is C14H20N2O. The van der Waals surface area contributed by atoms with Crippen LogP contribution in [0.2, 0.25) is 0 Å². The van der Waals surface area contributed by atoms with Gasteiger partial charge in [-0.1, -0.05) is 32.9 Å². The summed E-state index contributed by atoms with van der Waals surface area (Å²) >= 11 is 0. The van der Waals surface area contributed by atoms with Crippen LogP contribution in [0.4, 0.5) is 6.01 Å². The molecule has 3 nitrogen and oxygen atoms in total. The summed E-state index contributed by atoms with van der Waals surface area (Å²) in [5.74, 6) is 0. The number of hydrogen-bond acceptors (Lipinski definition) is 3. The Kier molecular flexibility index (Phi) is 5.27. The maximum Gasteiger partial charge on any atom is 0.295 e. The summed E-state index contributed by atoms with van der Waals surface area (Å²) in [6.07, 6.45) is 2.78. The number of oxazole rings is 1. The van der Waals surface area contributed by atoms with Gasteiger partial charge >= 0.3 is 0 Å². The Morgan fingerprint density at radius 3 is 2.82 bits per heavy atom. The van der Waals surface area contributed by atoms with Crippen LogP contribution in [0.25, 0.3) is 11.1 Å². The van der Waals surface area contributed by atoms with Crippen molar-refractivity contribution < 1.29 is 4.42 Å². The fourth-order valence-electron chi connectivity index (χ4n) is 1.43. The second kappa shape index (κ2) is 6.74. The molecule has 0 aliphatic carbocycles. The maximum atomic E-state index is 5.50. The quantitative estimate of drug-likeness (QED) is 0.809. The van der Waals surface area contributed by atoms with Gasteiger partial charge in [-0.3, -0.25) is 0 Å². The molecule has 92 valence electrons. The molecule has 0 bridgehead atoms. The predicted octanol–water partition coefficient (Wildman–Crippen LogP) is 4.01. The van der Waals surface area contributed by atoms with E-state index in [4.69, 9.17) is 4.42 Å². The van der Waals surface area contributed by atoms with Gasteiger partial charge in [0, 0.05) is 6.54 Å². The summed E-state index contributed by atoms with van der Waals surface area (Å²) in [5.41, 5.74) is 2.99. The van der Waals surface area contributed by atoms with E-state index in [2.05, 4.69) is 35.9 Å². The lowest BCUT2D eigenvalue weighted by Crippen LogP contribution is -1.96. The number of nitrogens with zero attached hydrogens (tertiary/aromatic N) is 1. The molecule has 0 atom stereocenters. The van der Waals surface area contributed by atoms with Crippen LogP contribution in [0.3, 0.4) is 0 Å². The third kappa shape index (κ3) is 3.34. The number of fused-ring (bicyclic) bond motifs is 1. The number of hydrogen-bond donors (Lipinski definition) is 1. The van der Waals surface area contributed by atoms with E-state index in [1.165, 1.54) is 5.56 Å². The molecule has 1 aromatic carbocycles. The van der Waals surface area contributed by atoms with Crippen molar-refractivity contribution in [1.29, 1.82) is 0 Å². The Morgan fingerprint density at radius 1 is 1.41 bits per heavy atom. The van der Waals surface area contributed by atoms with Gasteiger partial charge in [-0.25, -0.2) is 0 Å². The number of nitrogens with one attached hydrogen (secondary N) is 1. The first-order valence-corrected chi connectivity index (χ1v) is 6.07. The number of benzene rings is 1. The monoisotopic (exact) mass is 232 g/mol. The highest BCUT2D eigenvalue weighted by molar-refractivity contribution is 5.75. The van der Waals surface area contributed by atoms with Crippen LogP contribution in [0.5, 0.6) is 0 Å². The minimum Gasteiger partial charge on any atom is -0.424 e. The van der Waals surface area contributed by atoms with Gasteiger partial charge in [0.15, 0.2) is 5.58 Å². The number of rotatable bonds is 4. The molecule has 1 aromatic heterocycles. The third-order valence-corrected chi connectivity index (χ3v) is 2.26. The van der Waals surface area contributed by atoms with Crippen LogP contribution in [-0.2, 0) is 6.42 Å². The van der Waals surface area contributed by atoms with Gasteiger partial charge < -0.3 is 9.73 Å². The molecule has 1 N–H and O–H groups in total. The average Bonchev–Trinajstić information content (AvgIpc) is 2.80. The summed E-state index contributed by atoms with van der Waals surface area (Å²) in [6.45, 7) is 10.4. The minimum atomic E-state index is 0.554. The minimum absolute atomic E-state index is 0.554. The van der Waals surface area contributed by atoms with E-state index < -0.39 is 0 Å². The first-order valence-electron chi connectivity index (χ1n) is 6.07. The first kappa shape index (κ1) is 13.3. The van der Waals surface area contributed by atoms with Crippen LogP contribution >= 0.6 is 0 Å². The Bertz CT molecular complexity index is 474. The van der Waals surface area contributed by atoms with Crippen LogP contribution in [0, 0.1) is 0 Å². The average molecular weight is 232 g/mol. The van der Waals surface area contributed by atoms with Crippen molar-refractivity contribution in [1.82, 2.24) is 4.98 Å². The first-order chi connectivity index (χ1) is 8.33. The van der Waals surface area contributed by atoms with Gasteiger partial charge in [-0.05, 0) is 24.1 Å². The van der Waals surface area contributed by atoms with Crippen LogP contribution < -0.4 is 5.32 Å². The van der Waals surface area contributed by atoms with Crippen molar-refractivity contribution in [2.75, 3.05) is 11.9 Å². The van der Waals surface area contributed by atoms with Gasteiger partial charge in [0.25, 0.3) is 6.01 Å². The van der Waals surface area contributed by atoms with Crippen molar-refractivity contribution in [2.24, 2.45) is 0 Å². The summed E-state index contributed by atoms with van der Waals surface area (Å²) in [4.78, 5) is 4.33. The summed E-state index contributed by atoms with van der Waals surface area (Å²) in [7, 11) is 0. The largest absolute Gasteiger partial charge is 0.424 e. The molecule has 1 heterocycles. The van der Waals surface area contributed by atoms with Crippen LogP contribution in [-0.4, -0.2) is 11.5 Å². The fraction of sp³-hybridized carbons (Fsp3) is 0.357. The molecule has 0 spiro atoms. The van der Waals surface area contributed by atoms with Crippen molar-refractivity contribution in [3.05, 3.63) is 36.4 Å². The van der Waals surface area contributed by atoms with Gasteiger partial charge in [-0.15, -0.1) is 6.58 Å². The van der Waals surface area contributed by atoms with E-state index in [-0.39, 0.29) is 0 Å². The van der Waals surface area contributed by atoms with Crippen molar-refractivity contribution in [3.8, 4) is 0 Å². The van der Waals surface area contributed by atoms with E-state index >= 15 is 0 Å². The molecule has 3 heteroatoms. The summed E-state index contributed by atoms with van der Waals surface area (Å²) in [6, 6.07) is 6.63. The lowest BCUT2D eigenvalue weighted by molar-refractivity contribution is 0.618. The van der Waals surface area contributed by atoms with E-state index in [0.29, 0.717) is 12.6 Å². The molecule has 17 heavy (non-hydrogen) atoms. The van der Waals surface area contributed by atoms with E-state index in [1.54, 1.807) is 6.08 Å². The van der Waals surface area contributed by atoms with Gasteiger partial charge in [0.05, 0.1) is 0 Å². The topological polar surface area (TPSA) is 38.1 Å². The normalized spacial score (nSPS) is 9.59.